The number of H-pyrrole nitrogens is 1. The Hall–Kier alpha value is -7.37. The van der Waals surface area contributed by atoms with E-state index in [9.17, 15) is 33.5 Å². The van der Waals surface area contributed by atoms with E-state index in [4.69, 9.17) is 9.72 Å². The standard InChI is InChI=1S/C55H65F2N13O7S/c1-32-46(78-31-61-32)34-9-10-36(24-60-50(73)42-23-38(71)28-70(42)52(75)47(54(2,3)4)66-53(76)55(57)13-14-55)44(22-34)77-20-6-5-15-58-45(72)30-67-16-18-68(19-17-67)51(74)35-11-12-40(39(56)21-35)64-48-49-59-27-43(37-25-62-63-26-37)69(49)29-41(65-48)33-7-8-33/h9-12,21-22,25-27,29,31,33,38,42,47,71H,5-8,13-20,23-24,28,30H2,1-4H3,(H,58,72)(H,60,73)(H,62,63)(H,64,65)(H,66,76)/t38-,42+,47-/m1/s1. The van der Waals surface area contributed by atoms with Crippen LogP contribution < -0.4 is 26.0 Å². The minimum absolute atomic E-state index is 0.00266. The number of ether oxygens (including phenoxy) is 1. The van der Waals surface area contributed by atoms with Crippen molar-refractivity contribution in [3.05, 3.63) is 95.0 Å². The fraction of sp³-hybridized carbons (Fsp3) is 0.473. The first-order chi connectivity index (χ1) is 37.4. The number of nitrogens with zero attached hydrogens (tertiary/aromatic N) is 8. The molecule has 4 fully saturated rings. The quantitative estimate of drug-likeness (QED) is 0.0507. The highest BCUT2D eigenvalue weighted by Crippen LogP contribution is 2.42. The monoisotopic (exact) mass is 1090 g/mol. The smallest absolute Gasteiger partial charge is 0.258 e. The van der Waals surface area contributed by atoms with Gasteiger partial charge in [0.05, 0.1) is 64.8 Å². The number of carbonyl (C=O) groups is 5. The summed E-state index contributed by atoms with van der Waals surface area (Å²) in [5, 5.41) is 29.2. The van der Waals surface area contributed by atoms with Gasteiger partial charge in [-0.2, -0.15) is 5.10 Å². The predicted molar refractivity (Wildman–Crippen MR) is 287 cm³/mol. The molecule has 0 radical (unpaired) electrons. The molecule has 6 N–H and O–H groups in total. The number of anilines is 2. The molecule has 2 aliphatic carbocycles. The summed E-state index contributed by atoms with van der Waals surface area (Å²) in [7, 11) is 0. The molecule has 3 atom stereocenters. The van der Waals surface area contributed by atoms with Gasteiger partial charge in [0.25, 0.3) is 11.8 Å². The van der Waals surface area contributed by atoms with E-state index in [0.717, 1.165) is 45.9 Å². The van der Waals surface area contributed by atoms with Gasteiger partial charge in [-0.25, -0.2) is 23.7 Å². The van der Waals surface area contributed by atoms with Crippen molar-refractivity contribution in [2.24, 2.45) is 5.41 Å². The molecule has 2 saturated heterocycles. The van der Waals surface area contributed by atoms with Gasteiger partial charge in [-0.1, -0.05) is 32.9 Å². The van der Waals surface area contributed by atoms with Crippen LogP contribution in [0.3, 0.4) is 0 Å². The third-order valence-electron chi connectivity index (χ3n) is 14.8. The van der Waals surface area contributed by atoms with E-state index in [1.165, 1.54) is 22.3 Å². The van der Waals surface area contributed by atoms with Crippen molar-refractivity contribution in [2.75, 3.05) is 57.7 Å². The second-order valence-electron chi connectivity index (χ2n) is 21.8. The number of rotatable bonds is 20. The van der Waals surface area contributed by atoms with Crippen LogP contribution in [0.2, 0.25) is 0 Å². The Balaban J connectivity index is 0.678. The summed E-state index contributed by atoms with van der Waals surface area (Å²) >= 11 is 1.50. The number of fused-ring (bicyclic) bond motifs is 1. The van der Waals surface area contributed by atoms with Gasteiger partial charge >= 0.3 is 0 Å². The number of imidazole rings is 1. The number of thiazole rings is 1. The number of alkyl halides is 1. The zero-order valence-electron chi connectivity index (χ0n) is 44.1. The van der Waals surface area contributed by atoms with E-state index in [1.807, 2.05) is 40.6 Å². The summed E-state index contributed by atoms with van der Waals surface area (Å²) in [5.41, 5.74) is 4.89. The lowest BCUT2D eigenvalue weighted by Crippen LogP contribution is -2.59. The fourth-order valence-electron chi connectivity index (χ4n) is 9.91. The Morgan fingerprint density at radius 2 is 1.78 bits per heavy atom. The first-order valence-corrected chi connectivity index (χ1v) is 27.4. The Bertz CT molecular complexity index is 3200. The molecule has 4 aromatic heterocycles. The molecule has 2 aromatic carbocycles. The molecule has 0 spiro atoms. The number of hydrogen-bond donors (Lipinski definition) is 6. The number of carbonyl (C=O) groups excluding carboxylic acids is 5. The van der Waals surface area contributed by atoms with Crippen LogP contribution in [-0.2, 0) is 25.7 Å². The summed E-state index contributed by atoms with van der Waals surface area (Å²) in [6.07, 6.45) is 9.70. The van der Waals surface area contributed by atoms with Gasteiger partial charge in [0.15, 0.2) is 17.1 Å². The number of benzene rings is 2. The molecule has 23 heteroatoms. The third kappa shape index (κ3) is 12.2. The number of halogens is 2. The number of aliphatic hydroxyl groups is 1. The van der Waals surface area contributed by atoms with Crippen molar-refractivity contribution in [1.82, 2.24) is 60.2 Å². The molecule has 20 nitrogen and oxygen atoms in total. The van der Waals surface area contributed by atoms with Gasteiger partial charge < -0.3 is 40.9 Å². The minimum atomic E-state index is -1.99. The number of aryl methyl sites for hydroxylation is 1. The van der Waals surface area contributed by atoms with Crippen molar-refractivity contribution in [3.8, 4) is 27.4 Å². The number of unbranched alkanes of at least 4 members (excludes halogenated alkanes) is 1. The summed E-state index contributed by atoms with van der Waals surface area (Å²) in [4.78, 5) is 86.8. The number of aromatic nitrogens is 6. The van der Waals surface area contributed by atoms with E-state index in [2.05, 4.69) is 41.4 Å². The Morgan fingerprint density at radius 3 is 2.47 bits per heavy atom. The van der Waals surface area contributed by atoms with E-state index in [1.54, 1.807) is 61.9 Å². The second-order valence-corrected chi connectivity index (χ2v) is 22.7. The van der Waals surface area contributed by atoms with Crippen LogP contribution in [0.1, 0.15) is 98.9 Å². The molecule has 412 valence electrons. The van der Waals surface area contributed by atoms with Gasteiger partial charge in [-0.3, -0.25) is 38.4 Å². The highest BCUT2D eigenvalue weighted by atomic mass is 32.1. The molecular weight excluding hydrogens is 1020 g/mol. The lowest BCUT2D eigenvalue weighted by molar-refractivity contribution is -0.145. The van der Waals surface area contributed by atoms with Crippen molar-refractivity contribution >= 4 is 58.0 Å². The number of aromatic amines is 1. The van der Waals surface area contributed by atoms with Crippen LogP contribution in [-0.4, -0.2) is 155 Å². The molecule has 6 aromatic rings. The maximum Gasteiger partial charge on any atom is 0.258 e. The van der Waals surface area contributed by atoms with Crippen molar-refractivity contribution in [1.29, 1.82) is 0 Å². The summed E-state index contributed by atoms with van der Waals surface area (Å²) in [6.45, 7) is 9.69. The number of hydrogen-bond acceptors (Lipinski definition) is 14. The fourth-order valence-corrected chi connectivity index (χ4v) is 10.7. The lowest BCUT2D eigenvalue weighted by Gasteiger charge is -2.35. The minimum Gasteiger partial charge on any atom is -0.493 e. The van der Waals surface area contributed by atoms with Crippen LogP contribution in [0.5, 0.6) is 5.75 Å². The first kappa shape index (κ1) is 54.0. The largest absolute Gasteiger partial charge is 0.493 e. The highest BCUT2D eigenvalue weighted by molar-refractivity contribution is 7.13. The summed E-state index contributed by atoms with van der Waals surface area (Å²) in [6, 6.07) is 7.93. The molecular formula is C55H65F2N13O7S. The molecule has 4 aliphatic rings. The zero-order chi connectivity index (χ0) is 54.9. The van der Waals surface area contributed by atoms with Crippen LogP contribution >= 0.6 is 11.3 Å². The average Bonchev–Trinajstić information content (AvgIpc) is 4.13. The van der Waals surface area contributed by atoms with Gasteiger partial charge in [-0.05, 0) is 80.7 Å². The van der Waals surface area contributed by atoms with Crippen LogP contribution in [0.4, 0.5) is 20.3 Å². The van der Waals surface area contributed by atoms with Crippen molar-refractivity contribution in [3.63, 3.8) is 0 Å². The number of nitrogens with one attached hydrogen (secondary N) is 5. The van der Waals surface area contributed by atoms with Crippen molar-refractivity contribution < 1.29 is 42.6 Å². The number of amides is 5. The molecule has 10 rings (SSSR count). The third-order valence-corrected chi connectivity index (χ3v) is 15.8. The maximum absolute atomic E-state index is 15.7. The lowest BCUT2D eigenvalue weighted by atomic mass is 9.85. The second kappa shape index (κ2) is 22.5. The van der Waals surface area contributed by atoms with E-state index >= 15 is 4.39 Å². The predicted octanol–water partition coefficient (Wildman–Crippen LogP) is 5.66. The van der Waals surface area contributed by atoms with Gasteiger partial charge in [0.1, 0.15) is 23.7 Å². The Morgan fingerprint density at radius 1 is 0.987 bits per heavy atom. The van der Waals surface area contributed by atoms with Gasteiger partial charge in [0, 0.05) is 87.2 Å². The van der Waals surface area contributed by atoms with E-state index < -0.39 is 52.8 Å². The molecule has 2 aliphatic heterocycles. The van der Waals surface area contributed by atoms with Crippen LogP contribution in [0.25, 0.3) is 27.3 Å². The van der Waals surface area contributed by atoms with Gasteiger partial charge in [0.2, 0.25) is 17.7 Å². The molecule has 0 unspecified atom stereocenters. The number of aliphatic hydroxyl groups excluding tert-OH is 1. The summed E-state index contributed by atoms with van der Waals surface area (Å²) in [5.74, 6) is -1.66. The zero-order valence-corrected chi connectivity index (χ0v) is 44.9. The molecule has 5 amide bonds. The van der Waals surface area contributed by atoms with Crippen LogP contribution in [0, 0.1) is 18.2 Å². The van der Waals surface area contributed by atoms with Crippen molar-refractivity contribution in [2.45, 2.75) is 109 Å². The molecule has 78 heavy (non-hydrogen) atoms. The molecule has 2 saturated carbocycles. The maximum atomic E-state index is 15.7. The summed E-state index contributed by atoms with van der Waals surface area (Å²) < 4.78 is 38.7. The normalized spacial score (nSPS) is 18.7. The SMILES string of the molecule is Cc1ncsc1-c1ccc(CNC(=O)[C@@H]2C[C@@H](O)CN2C(=O)[C@@H](NC(=O)C2(F)CC2)C(C)(C)C)c(OCCCCNC(=O)CN2CCN(C(=O)c3ccc(Nc4nc(C5CC5)cn5c(-c6cn[nH]c6)cnc45)c(F)c3)CC2)c1. The first-order valence-electron chi connectivity index (χ1n) is 26.6. The topological polar surface area (TPSA) is 244 Å². The number of likely N-dealkylation sites (tertiary alicyclic amines) is 1. The number of piperazine rings is 1. The van der Waals surface area contributed by atoms with Crippen LogP contribution in [0.15, 0.2) is 66.7 Å². The Labute approximate surface area is 453 Å². The Kier molecular flexibility index (Phi) is 15.6. The van der Waals surface area contributed by atoms with Gasteiger partial charge in [-0.15, -0.1) is 11.3 Å². The molecule has 0 bridgehead atoms. The van der Waals surface area contributed by atoms with E-state index in [-0.39, 0.29) is 62.0 Å². The highest BCUT2D eigenvalue weighted by Gasteiger charge is 2.53. The average molecular weight is 1090 g/mol. The van der Waals surface area contributed by atoms with E-state index in [0.29, 0.717) is 80.9 Å². The molecule has 6 heterocycles. The number of β-amino-alcohol motifs (C(OH)–C–C–N with tert-alkyl or cyclic N) is 1.